The number of primary sulfonamides is 1. The van der Waals surface area contributed by atoms with Gasteiger partial charge in [0.25, 0.3) is 0 Å². The number of rotatable bonds is 5. The van der Waals surface area contributed by atoms with E-state index in [1.54, 1.807) is 29.1 Å². The van der Waals surface area contributed by atoms with E-state index >= 15 is 0 Å². The number of carbonyl (C=O) groups is 1. The van der Waals surface area contributed by atoms with E-state index in [1.165, 1.54) is 16.4 Å². The van der Waals surface area contributed by atoms with Crippen molar-refractivity contribution in [1.82, 2.24) is 9.78 Å². The third kappa shape index (κ3) is 3.97. The smallest absolute Gasteiger partial charge is 0.330 e. The number of amides is 2. The van der Waals surface area contributed by atoms with Gasteiger partial charge in [-0.25, -0.2) is 27.3 Å². The second kappa shape index (κ2) is 7.43. The maximum absolute atomic E-state index is 11.7. The summed E-state index contributed by atoms with van der Waals surface area (Å²) in [7, 11) is -3.79. The molecule has 0 bridgehead atoms. The molecule has 10 heteroatoms. The van der Waals surface area contributed by atoms with Gasteiger partial charge in [-0.05, 0) is 36.2 Å². The molecule has 0 atom stereocenters. The van der Waals surface area contributed by atoms with Crippen LogP contribution >= 0.6 is 11.9 Å². The first-order valence-electron chi connectivity index (χ1n) is 7.73. The van der Waals surface area contributed by atoms with Crippen LogP contribution in [-0.2, 0) is 10.0 Å². The molecule has 0 saturated heterocycles. The van der Waals surface area contributed by atoms with Crippen LogP contribution in [0.1, 0.15) is 0 Å². The predicted molar refractivity (Wildman–Crippen MR) is 106 cm³/mol. The summed E-state index contributed by atoms with van der Waals surface area (Å²) in [5.41, 5.74) is 7.62. The Kier molecular flexibility index (Phi) is 5.22. The fourth-order valence-corrected chi connectivity index (χ4v) is 3.52. The number of sulfonamides is 1. The molecule has 140 valence electrons. The van der Waals surface area contributed by atoms with Crippen LogP contribution in [0.25, 0.3) is 16.9 Å². The molecule has 0 fully saturated rings. The third-order valence-electron chi connectivity index (χ3n) is 3.77. The van der Waals surface area contributed by atoms with E-state index in [9.17, 15) is 13.2 Å². The summed E-state index contributed by atoms with van der Waals surface area (Å²) in [6, 6.07) is 16.6. The molecule has 2 amide bonds. The summed E-state index contributed by atoms with van der Waals surface area (Å²) in [6.07, 6.45) is 1.72. The van der Waals surface area contributed by atoms with Crippen LogP contribution in [-0.4, -0.2) is 30.5 Å². The molecular weight excluding hydrogens is 386 g/mol. The number of benzene rings is 2. The zero-order chi connectivity index (χ0) is 19.6. The van der Waals surface area contributed by atoms with Crippen LogP contribution < -0.4 is 15.2 Å². The molecule has 3 aromatic rings. The van der Waals surface area contributed by atoms with Gasteiger partial charge in [-0.1, -0.05) is 30.3 Å². The number of nitrogens with two attached hydrogens (primary N) is 2. The fourth-order valence-electron chi connectivity index (χ4n) is 2.55. The Morgan fingerprint density at radius 2 is 1.74 bits per heavy atom. The molecule has 1 heterocycles. The molecule has 0 radical (unpaired) electrons. The first kappa shape index (κ1) is 19.0. The van der Waals surface area contributed by atoms with Crippen molar-refractivity contribution in [2.24, 2.45) is 10.9 Å². The van der Waals surface area contributed by atoms with Crippen LogP contribution in [0.3, 0.4) is 0 Å². The van der Waals surface area contributed by atoms with E-state index in [0.717, 1.165) is 17.5 Å². The lowest BCUT2D eigenvalue weighted by molar-refractivity contribution is 0.257. The van der Waals surface area contributed by atoms with Crippen molar-refractivity contribution in [2.75, 3.05) is 10.6 Å². The summed E-state index contributed by atoms with van der Waals surface area (Å²) in [5, 5.41) is 9.63. The Labute approximate surface area is 161 Å². The molecule has 0 aliphatic carbocycles. The van der Waals surface area contributed by atoms with Gasteiger partial charge in [0, 0.05) is 17.9 Å². The highest BCUT2D eigenvalue weighted by molar-refractivity contribution is 8.00. The van der Waals surface area contributed by atoms with E-state index in [-0.39, 0.29) is 4.90 Å². The third-order valence-corrected chi connectivity index (χ3v) is 5.43. The molecule has 3 rings (SSSR count). The van der Waals surface area contributed by atoms with Crippen molar-refractivity contribution in [1.29, 1.82) is 0 Å². The fraction of sp³-hybridized carbons (Fsp3) is 0.0588. The zero-order valence-corrected chi connectivity index (χ0v) is 15.9. The minimum Gasteiger partial charge on any atom is -0.350 e. The normalized spacial score (nSPS) is 11.3. The van der Waals surface area contributed by atoms with Gasteiger partial charge >= 0.3 is 6.03 Å². The van der Waals surface area contributed by atoms with Crippen molar-refractivity contribution in [3.63, 3.8) is 0 Å². The van der Waals surface area contributed by atoms with E-state index in [2.05, 4.69) is 5.10 Å². The van der Waals surface area contributed by atoms with E-state index in [1.807, 2.05) is 30.3 Å². The Hall–Kier alpha value is -2.82. The van der Waals surface area contributed by atoms with E-state index in [4.69, 9.17) is 10.9 Å². The van der Waals surface area contributed by atoms with Gasteiger partial charge in [0.1, 0.15) is 0 Å². The number of nitrogens with zero attached hydrogens (tertiary/aromatic N) is 3. The lowest BCUT2D eigenvalue weighted by Gasteiger charge is -2.12. The van der Waals surface area contributed by atoms with Gasteiger partial charge in [-0.2, -0.15) is 0 Å². The number of hydrogen-bond acceptors (Lipinski definition) is 5. The number of anilines is 1. The van der Waals surface area contributed by atoms with Gasteiger partial charge in [0.05, 0.1) is 16.3 Å². The van der Waals surface area contributed by atoms with Crippen LogP contribution in [0.5, 0.6) is 0 Å². The van der Waals surface area contributed by atoms with Gasteiger partial charge in [0.15, 0.2) is 5.82 Å². The summed E-state index contributed by atoms with van der Waals surface area (Å²) in [5.74, 6) is 0.365. The van der Waals surface area contributed by atoms with Crippen LogP contribution in [0.2, 0.25) is 0 Å². The molecule has 0 unspecified atom stereocenters. The highest BCUT2D eigenvalue weighted by atomic mass is 32.2. The maximum atomic E-state index is 11.7. The van der Waals surface area contributed by atoms with Crippen molar-refractivity contribution in [3.8, 4) is 16.9 Å². The number of hydrogen-bond donors (Lipinski definition) is 2. The second-order valence-electron chi connectivity index (χ2n) is 5.52. The highest BCUT2D eigenvalue weighted by Crippen LogP contribution is 2.29. The first-order valence-corrected chi connectivity index (χ1v) is 10.5. The first-order chi connectivity index (χ1) is 12.8. The summed E-state index contributed by atoms with van der Waals surface area (Å²) < 4.78 is 25.8. The summed E-state index contributed by atoms with van der Waals surface area (Å²) >= 11 is 1.14. The molecule has 1 aromatic heterocycles. The minimum absolute atomic E-state index is 0.00256. The van der Waals surface area contributed by atoms with Gasteiger partial charge in [-0.3, -0.25) is 0 Å². The molecule has 0 saturated carbocycles. The predicted octanol–water partition coefficient (Wildman–Crippen LogP) is 2.35. The second-order valence-corrected chi connectivity index (χ2v) is 7.81. The van der Waals surface area contributed by atoms with Gasteiger partial charge in [0.2, 0.25) is 10.0 Å². The lowest BCUT2D eigenvalue weighted by Crippen LogP contribution is -2.29. The van der Waals surface area contributed by atoms with Crippen molar-refractivity contribution >= 4 is 33.8 Å². The van der Waals surface area contributed by atoms with Crippen LogP contribution in [0.15, 0.2) is 65.6 Å². The summed E-state index contributed by atoms with van der Waals surface area (Å²) in [4.78, 5) is 11.7. The molecule has 8 nitrogen and oxygen atoms in total. The quantitative estimate of drug-likeness (QED) is 0.633. The number of aromatic nitrogens is 2. The molecular formula is C17H17N5O3S2. The Morgan fingerprint density at radius 1 is 1.11 bits per heavy atom. The number of carbonyl (C=O) groups excluding carboxylic acids is 1. The molecule has 27 heavy (non-hydrogen) atoms. The number of urea groups is 1. The maximum Gasteiger partial charge on any atom is 0.330 e. The Morgan fingerprint density at radius 3 is 2.26 bits per heavy atom. The summed E-state index contributed by atoms with van der Waals surface area (Å²) in [6.45, 7) is 0. The van der Waals surface area contributed by atoms with Crippen molar-refractivity contribution in [2.45, 2.75) is 4.90 Å². The molecule has 0 aliphatic heterocycles. The van der Waals surface area contributed by atoms with Crippen LogP contribution in [0, 0.1) is 0 Å². The van der Waals surface area contributed by atoms with E-state index < -0.39 is 16.1 Å². The highest BCUT2D eigenvalue weighted by Gasteiger charge is 2.19. The monoisotopic (exact) mass is 403 g/mol. The molecule has 4 N–H and O–H groups in total. The average Bonchev–Trinajstić information content (AvgIpc) is 3.07. The van der Waals surface area contributed by atoms with Gasteiger partial charge < -0.3 is 5.73 Å². The van der Waals surface area contributed by atoms with Crippen molar-refractivity contribution < 1.29 is 13.2 Å². The van der Waals surface area contributed by atoms with E-state index in [0.29, 0.717) is 17.2 Å². The zero-order valence-electron chi connectivity index (χ0n) is 14.3. The van der Waals surface area contributed by atoms with Crippen molar-refractivity contribution in [3.05, 3.63) is 60.7 Å². The lowest BCUT2D eigenvalue weighted by atomic mass is 10.1. The van der Waals surface area contributed by atoms with Gasteiger partial charge in [-0.15, -0.1) is 5.10 Å². The molecule has 2 aromatic carbocycles. The van der Waals surface area contributed by atoms with Crippen LogP contribution in [0.4, 0.5) is 10.6 Å². The number of primary amides is 1. The minimum atomic E-state index is -3.79. The standard InChI is InChI=1S/C17H17N5O3S2/c1-26-22(17(18)23)16-11-15(12-5-3-2-4-6-12)21(20-16)13-7-9-14(10-8-13)27(19,24)25/h2-11H,1H3,(H2,18,23)(H2,19,24,25). The Balaban J connectivity index is 2.15. The topological polar surface area (TPSA) is 124 Å². The SMILES string of the molecule is CSN(C(N)=O)c1cc(-c2ccccc2)n(-c2ccc(S(N)(=O)=O)cc2)n1. The molecule has 0 aliphatic rings. The Bertz CT molecular complexity index is 1060. The molecule has 0 spiro atoms. The average molecular weight is 403 g/mol. The largest absolute Gasteiger partial charge is 0.350 e.